The van der Waals surface area contributed by atoms with Gasteiger partial charge in [0.1, 0.15) is 17.6 Å². The zero-order chi connectivity index (χ0) is 14.0. The van der Waals surface area contributed by atoms with Gasteiger partial charge in [0, 0.05) is 20.2 Å². The lowest BCUT2D eigenvalue weighted by atomic mass is 10.0. The van der Waals surface area contributed by atoms with Crippen molar-refractivity contribution in [1.29, 1.82) is 0 Å². The van der Waals surface area contributed by atoms with E-state index in [1.165, 1.54) is 7.11 Å². The molecule has 1 heterocycles. The van der Waals surface area contributed by atoms with Gasteiger partial charge in [-0.1, -0.05) is 0 Å². The van der Waals surface area contributed by atoms with Gasteiger partial charge in [-0.25, -0.2) is 8.42 Å². The number of nitrogens with zero attached hydrogens (tertiary/aromatic N) is 1. The Morgan fingerprint density at radius 3 is 2.72 bits per heavy atom. The third-order valence-electron chi connectivity index (χ3n) is 2.89. The summed E-state index contributed by atoms with van der Waals surface area (Å²) in [7, 11) is -2.03. The van der Waals surface area contributed by atoms with Crippen molar-refractivity contribution in [1.82, 2.24) is 9.62 Å². The van der Waals surface area contributed by atoms with E-state index >= 15 is 0 Å². The van der Waals surface area contributed by atoms with E-state index in [2.05, 4.69) is 5.32 Å². The van der Waals surface area contributed by atoms with Crippen LogP contribution in [0.25, 0.3) is 0 Å². The molecule has 18 heavy (non-hydrogen) atoms. The fourth-order valence-corrected chi connectivity index (χ4v) is 2.80. The van der Waals surface area contributed by atoms with E-state index in [1.54, 1.807) is 0 Å². The van der Waals surface area contributed by atoms with Crippen molar-refractivity contribution in [2.45, 2.75) is 11.7 Å². The Kier molecular flexibility index (Phi) is 4.96. The van der Waals surface area contributed by atoms with Crippen molar-refractivity contribution in [3.63, 3.8) is 0 Å². The lowest BCUT2D eigenvalue weighted by molar-refractivity contribution is -0.121. The lowest BCUT2D eigenvalue weighted by Gasteiger charge is -2.27. The Morgan fingerprint density at radius 2 is 2.28 bits per heavy atom. The van der Waals surface area contributed by atoms with Gasteiger partial charge in [-0.15, -0.1) is 11.6 Å². The molecule has 0 bridgehead atoms. The van der Waals surface area contributed by atoms with Gasteiger partial charge in [-0.05, 0) is 0 Å². The number of sulfonamides is 1. The molecule has 1 aliphatic heterocycles. The molecular formula is C9H17ClN2O5S. The number of rotatable bonds is 5. The number of nitrogens with one attached hydrogen (secondary N) is 1. The Morgan fingerprint density at radius 1 is 1.67 bits per heavy atom. The molecule has 1 amide bonds. The van der Waals surface area contributed by atoms with Gasteiger partial charge in [0.2, 0.25) is 15.9 Å². The van der Waals surface area contributed by atoms with Crippen molar-refractivity contribution >= 4 is 27.5 Å². The molecule has 0 radical (unpaired) electrons. The number of hydrogen-bond acceptors (Lipinski definition) is 5. The van der Waals surface area contributed by atoms with E-state index in [0.29, 0.717) is 0 Å². The predicted octanol–water partition coefficient (Wildman–Crippen LogP) is -1.64. The van der Waals surface area contributed by atoms with Crippen molar-refractivity contribution in [2.24, 2.45) is 0 Å². The van der Waals surface area contributed by atoms with Crippen LogP contribution >= 0.6 is 11.6 Å². The Bertz CT molecular complexity index is 415. The summed E-state index contributed by atoms with van der Waals surface area (Å²) in [6, 6.07) is 0. The first-order valence-electron chi connectivity index (χ1n) is 5.26. The van der Waals surface area contributed by atoms with E-state index in [0.717, 1.165) is 10.6 Å². The molecular weight excluding hydrogens is 284 g/mol. The summed E-state index contributed by atoms with van der Waals surface area (Å²) < 4.78 is 29.1. The van der Waals surface area contributed by atoms with Crippen molar-refractivity contribution in [3.8, 4) is 0 Å². The molecule has 1 rings (SSSR count). The molecule has 0 unspecified atom stereocenters. The first-order valence-corrected chi connectivity index (χ1v) is 7.64. The van der Waals surface area contributed by atoms with Crippen molar-refractivity contribution in [3.05, 3.63) is 0 Å². The van der Waals surface area contributed by atoms with E-state index in [9.17, 15) is 18.3 Å². The van der Waals surface area contributed by atoms with Crippen molar-refractivity contribution < 1.29 is 23.1 Å². The fourth-order valence-electron chi connectivity index (χ4n) is 1.84. The number of carbonyl (C=O) groups is 1. The molecule has 0 aromatic heterocycles. The van der Waals surface area contributed by atoms with Crippen LogP contribution in [0, 0.1) is 0 Å². The summed E-state index contributed by atoms with van der Waals surface area (Å²) in [4.78, 5) is 11.1. The quantitative estimate of drug-likeness (QED) is 0.594. The second-order valence-corrected chi connectivity index (χ2v) is 6.54. The summed E-state index contributed by atoms with van der Waals surface area (Å²) in [5.41, 5.74) is -1.44. The van der Waals surface area contributed by atoms with Crippen LogP contribution in [0.5, 0.6) is 0 Å². The third-order valence-corrected chi connectivity index (χ3v) is 4.34. The highest BCUT2D eigenvalue weighted by atomic mass is 35.5. The van der Waals surface area contributed by atoms with Gasteiger partial charge < -0.3 is 15.2 Å². The molecule has 7 nitrogen and oxygen atoms in total. The van der Waals surface area contributed by atoms with Gasteiger partial charge in [0.25, 0.3) is 0 Å². The van der Waals surface area contributed by atoms with Gasteiger partial charge >= 0.3 is 0 Å². The Hall–Kier alpha value is -0.410. The maximum Gasteiger partial charge on any atom is 0.235 e. The second-order valence-electron chi connectivity index (χ2n) is 4.29. The highest BCUT2D eigenvalue weighted by Crippen LogP contribution is 2.25. The first kappa shape index (κ1) is 15.6. The highest BCUT2D eigenvalue weighted by Gasteiger charge is 2.48. The van der Waals surface area contributed by atoms with Crippen LogP contribution in [0.1, 0.15) is 0 Å². The number of β-amino-alcohol motifs (C(OH)–C–C–N with tert-alkyl or cyclic N) is 1. The topological polar surface area (TPSA) is 95.9 Å². The molecule has 9 heteroatoms. The summed E-state index contributed by atoms with van der Waals surface area (Å²) in [5, 5.41) is 12.8. The summed E-state index contributed by atoms with van der Waals surface area (Å²) in [5.74, 6) is -0.651. The van der Waals surface area contributed by atoms with Crippen LogP contribution in [0.3, 0.4) is 0 Å². The normalized spacial score (nSPS) is 29.4. The molecule has 1 saturated heterocycles. The minimum Gasteiger partial charge on any atom is -0.384 e. The number of aliphatic hydroxyl groups is 1. The molecule has 0 aromatic carbocycles. The molecule has 2 atom stereocenters. The maximum atomic E-state index is 11.4. The van der Waals surface area contributed by atoms with Gasteiger partial charge in [0.05, 0.1) is 12.8 Å². The first-order chi connectivity index (χ1) is 8.23. The molecule has 1 fully saturated rings. The fraction of sp³-hybridized carbons (Fsp3) is 0.889. The van der Waals surface area contributed by atoms with Crippen LogP contribution in [0.2, 0.25) is 0 Å². The van der Waals surface area contributed by atoms with Gasteiger partial charge in [-0.2, -0.15) is 4.31 Å². The van der Waals surface area contributed by atoms with Gasteiger partial charge in [0.15, 0.2) is 0 Å². The molecule has 1 aliphatic rings. The van der Waals surface area contributed by atoms with E-state index in [1.807, 2.05) is 0 Å². The summed E-state index contributed by atoms with van der Waals surface area (Å²) in [6.07, 6.45) is 0.367. The molecule has 0 aliphatic carbocycles. The molecule has 0 aromatic rings. The average Bonchev–Trinajstić information content (AvgIpc) is 2.63. The van der Waals surface area contributed by atoms with Crippen LogP contribution < -0.4 is 5.32 Å². The second kappa shape index (κ2) is 5.70. The average molecular weight is 301 g/mol. The number of amides is 1. The van der Waals surface area contributed by atoms with E-state index < -0.39 is 27.6 Å². The maximum absolute atomic E-state index is 11.4. The number of hydrogen-bond donors (Lipinski definition) is 2. The van der Waals surface area contributed by atoms with Crippen molar-refractivity contribution in [2.75, 3.05) is 38.9 Å². The van der Waals surface area contributed by atoms with Crippen LogP contribution in [0.4, 0.5) is 0 Å². The number of halogens is 1. The largest absolute Gasteiger partial charge is 0.384 e. The monoisotopic (exact) mass is 300 g/mol. The third kappa shape index (κ3) is 3.55. The standard InChI is InChI=1S/C9H17ClN2O5S/c1-17-7-4-12(18(2,15)16)6-9(7,14)5-11-8(13)3-10/h7,14H,3-6H2,1-2H3,(H,11,13)/t7-,9+/m0/s1. The number of ether oxygens (including phenoxy) is 1. The van der Waals surface area contributed by atoms with Gasteiger partial charge in [-0.3, -0.25) is 4.79 Å². The Labute approximate surface area is 111 Å². The summed E-state index contributed by atoms with van der Waals surface area (Å²) >= 11 is 5.32. The van der Waals surface area contributed by atoms with E-state index in [4.69, 9.17) is 16.3 Å². The Balaban J connectivity index is 2.76. The van der Waals surface area contributed by atoms with Crippen LogP contribution in [-0.4, -0.2) is 74.3 Å². The predicted molar refractivity (Wildman–Crippen MR) is 65.9 cm³/mol. The highest BCUT2D eigenvalue weighted by molar-refractivity contribution is 7.88. The molecule has 2 N–H and O–H groups in total. The minimum atomic E-state index is -3.41. The molecule has 0 spiro atoms. The van der Waals surface area contributed by atoms with Crippen LogP contribution in [-0.2, 0) is 19.6 Å². The smallest absolute Gasteiger partial charge is 0.235 e. The zero-order valence-electron chi connectivity index (χ0n) is 10.2. The van der Waals surface area contributed by atoms with E-state index in [-0.39, 0.29) is 25.5 Å². The number of alkyl halides is 1. The summed E-state index contributed by atoms with van der Waals surface area (Å²) in [6.45, 7) is -0.168. The van der Waals surface area contributed by atoms with Crippen LogP contribution in [0.15, 0.2) is 0 Å². The number of carbonyl (C=O) groups excluding carboxylic acids is 1. The SMILES string of the molecule is CO[C@H]1CN(S(C)(=O)=O)C[C@]1(O)CNC(=O)CCl. The lowest BCUT2D eigenvalue weighted by Crippen LogP contribution is -2.52. The zero-order valence-corrected chi connectivity index (χ0v) is 11.8. The minimum absolute atomic E-state index is 0.0581. The molecule has 106 valence electrons. The molecule has 0 saturated carbocycles. The number of methoxy groups -OCH3 is 1.